The first kappa shape index (κ1) is 25.8. The molecule has 0 bridgehead atoms. The fourth-order valence-electron chi connectivity index (χ4n) is 3.05. The Balaban J connectivity index is 3.69. The second-order valence-corrected chi connectivity index (χ2v) is 7.53. The molecule has 0 rings (SSSR count). The Hall–Kier alpha value is -1.16. The van der Waals surface area contributed by atoms with Crippen molar-refractivity contribution in [3.8, 4) is 0 Å². The third-order valence-corrected chi connectivity index (χ3v) is 4.80. The van der Waals surface area contributed by atoms with E-state index in [2.05, 4.69) is 19.1 Å². The van der Waals surface area contributed by atoms with Gasteiger partial charge in [0.25, 0.3) is 0 Å². The number of hydrogen-bond donors (Lipinski definition) is 1. The summed E-state index contributed by atoms with van der Waals surface area (Å²) in [5.74, 6) is -1.04. The molecule has 1 unspecified atom stereocenters. The molecule has 0 aliphatic heterocycles. The topological polar surface area (TPSA) is 63.6 Å². The van der Waals surface area contributed by atoms with Gasteiger partial charge in [0, 0.05) is 0 Å². The van der Waals surface area contributed by atoms with Gasteiger partial charge in [0.05, 0.1) is 12.7 Å². The fraction of sp³-hybridized carbons (Fsp3) is 0.826. The molecule has 2 atom stereocenters. The molecule has 0 aromatic rings. The van der Waals surface area contributed by atoms with E-state index in [1.807, 2.05) is 6.92 Å². The number of aliphatic hydroxyl groups excluding tert-OH is 1. The van der Waals surface area contributed by atoms with Crippen molar-refractivity contribution < 1.29 is 19.4 Å². The van der Waals surface area contributed by atoms with E-state index in [1.165, 1.54) is 26.2 Å². The van der Waals surface area contributed by atoms with E-state index in [4.69, 9.17) is 4.74 Å². The summed E-state index contributed by atoms with van der Waals surface area (Å²) < 4.78 is 5.10. The number of esters is 1. The van der Waals surface area contributed by atoms with Crippen molar-refractivity contribution in [2.75, 3.05) is 6.61 Å². The van der Waals surface area contributed by atoms with E-state index < -0.39 is 5.92 Å². The summed E-state index contributed by atoms with van der Waals surface area (Å²) in [7, 11) is 0. The second-order valence-electron chi connectivity index (χ2n) is 7.53. The molecule has 1 N–H and O–H groups in total. The molecule has 158 valence electrons. The largest absolute Gasteiger partial charge is 0.465 e. The van der Waals surface area contributed by atoms with E-state index >= 15 is 0 Å². The van der Waals surface area contributed by atoms with E-state index in [1.54, 1.807) is 0 Å². The van der Waals surface area contributed by atoms with Gasteiger partial charge in [0.15, 0.2) is 0 Å². The van der Waals surface area contributed by atoms with Gasteiger partial charge in [-0.05, 0) is 45.4 Å². The molecule has 0 saturated heterocycles. The van der Waals surface area contributed by atoms with E-state index in [0.717, 1.165) is 57.8 Å². The number of unbranched alkanes of at least 4 members (excludes halogenated alkanes) is 7. The molecular formula is C23H42O4. The Bertz CT molecular complexity index is 403. The van der Waals surface area contributed by atoms with Crippen molar-refractivity contribution in [1.29, 1.82) is 0 Å². The predicted molar refractivity (Wildman–Crippen MR) is 112 cm³/mol. The number of allylic oxidation sites excluding steroid dienone is 1. The van der Waals surface area contributed by atoms with Gasteiger partial charge in [0.2, 0.25) is 0 Å². The predicted octanol–water partition coefficient (Wildman–Crippen LogP) is 5.76. The van der Waals surface area contributed by atoms with Crippen LogP contribution in [0.15, 0.2) is 12.2 Å². The van der Waals surface area contributed by atoms with Gasteiger partial charge in [-0.1, -0.05) is 70.9 Å². The van der Waals surface area contributed by atoms with Crippen molar-refractivity contribution in [3.05, 3.63) is 12.2 Å². The average Bonchev–Trinajstić information content (AvgIpc) is 2.64. The number of aliphatic hydroxyl groups is 1. The quantitative estimate of drug-likeness (QED) is 0.142. The molecular weight excluding hydrogens is 340 g/mol. The maximum atomic E-state index is 11.9. The van der Waals surface area contributed by atoms with Crippen molar-refractivity contribution in [2.45, 2.75) is 110 Å². The molecule has 4 heteroatoms. The zero-order chi connectivity index (χ0) is 20.3. The first-order chi connectivity index (χ1) is 13.0. The van der Waals surface area contributed by atoms with Crippen LogP contribution in [-0.2, 0) is 14.3 Å². The molecule has 4 nitrogen and oxygen atoms in total. The highest BCUT2D eigenvalue weighted by Gasteiger charge is 2.23. The van der Waals surface area contributed by atoms with Crippen LogP contribution >= 0.6 is 0 Å². The second kappa shape index (κ2) is 18.2. The Kier molecular flexibility index (Phi) is 17.4. The van der Waals surface area contributed by atoms with Gasteiger partial charge in [-0.2, -0.15) is 0 Å². The monoisotopic (exact) mass is 382 g/mol. The summed E-state index contributed by atoms with van der Waals surface area (Å²) in [6.07, 6.45) is 17.1. The molecule has 0 fully saturated rings. The lowest BCUT2D eigenvalue weighted by atomic mass is 9.97. The lowest BCUT2D eigenvalue weighted by Gasteiger charge is -2.12. The van der Waals surface area contributed by atoms with Crippen LogP contribution in [-0.4, -0.2) is 29.6 Å². The van der Waals surface area contributed by atoms with Crippen LogP contribution in [0.1, 0.15) is 104 Å². The summed E-state index contributed by atoms with van der Waals surface area (Å²) >= 11 is 0. The molecule has 0 aromatic carbocycles. The number of rotatable bonds is 18. The van der Waals surface area contributed by atoms with Crippen molar-refractivity contribution in [1.82, 2.24) is 0 Å². The maximum Gasteiger partial charge on any atom is 0.316 e. The zero-order valence-electron chi connectivity index (χ0n) is 17.9. The molecule has 0 amide bonds. The smallest absolute Gasteiger partial charge is 0.316 e. The number of Topliss-reactive ketones (excluding diaryl/α,β-unsaturated/α-hetero) is 1. The summed E-state index contributed by atoms with van der Waals surface area (Å²) in [6, 6.07) is 0. The van der Waals surface area contributed by atoms with Gasteiger partial charge in [-0.15, -0.1) is 0 Å². The SMILES string of the molecule is CCCCCC[C@@H](O)C/C=C\CCCCCCC(C(C)=O)C(=O)OCCC. The Morgan fingerprint density at radius 1 is 0.889 bits per heavy atom. The summed E-state index contributed by atoms with van der Waals surface area (Å²) in [5, 5.41) is 9.90. The van der Waals surface area contributed by atoms with Gasteiger partial charge >= 0.3 is 5.97 Å². The third-order valence-electron chi connectivity index (χ3n) is 4.80. The van der Waals surface area contributed by atoms with E-state index in [-0.39, 0.29) is 17.9 Å². The fourth-order valence-corrected chi connectivity index (χ4v) is 3.05. The van der Waals surface area contributed by atoms with Crippen LogP contribution in [0.4, 0.5) is 0 Å². The van der Waals surface area contributed by atoms with Gasteiger partial charge in [-0.25, -0.2) is 0 Å². The molecule has 0 saturated carbocycles. The lowest BCUT2D eigenvalue weighted by Crippen LogP contribution is -2.24. The number of carbonyl (C=O) groups excluding carboxylic acids is 2. The minimum Gasteiger partial charge on any atom is -0.465 e. The summed E-state index contributed by atoms with van der Waals surface area (Å²) in [4.78, 5) is 23.5. The van der Waals surface area contributed by atoms with Crippen molar-refractivity contribution >= 4 is 11.8 Å². The molecule has 0 heterocycles. The normalized spacial score (nSPS) is 13.6. The zero-order valence-corrected chi connectivity index (χ0v) is 17.9. The number of carbonyl (C=O) groups is 2. The molecule has 0 aromatic heterocycles. The lowest BCUT2D eigenvalue weighted by molar-refractivity contribution is -0.151. The van der Waals surface area contributed by atoms with Crippen LogP contribution in [0.5, 0.6) is 0 Å². The van der Waals surface area contributed by atoms with Crippen LogP contribution in [0, 0.1) is 5.92 Å². The van der Waals surface area contributed by atoms with Crippen LogP contribution in [0.2, 0.25) is 0 Å². The highest BCUT2D eigenvalue weighted by atomic mass is 16.5. The number of ketones is 1. The highest BCUT2D eigenvalue weighted by Crippen LogP contribution is 2.15. The minimum absolute atomic E-state index is 0.0905. The van der Waals surface area contributed by atoms with Crippen LogP contribution in [0.3, 0.4) is 0 Å². The van der Waals surface area contributed by atoms with Crippen molar-refractivity contribution in [3.63, 3.8) is 0 Å². The summed E-state index contributed by atoms with van der Waals surface area (Å²) in [5.41, 5.74) is 0. The van der Waals surface area contributed by atoms with Gasteiger partial charge in [-0.3, -0.25) is 9.59 Å². The van der Waals surface area contributed by atoms with Crippen LogP contribution in [0.25, 0.3) is 0 Å². The molecule has 0 aliphatic rings. The highest BCUT2D eigenvalue weighted by molar-refractivity contribution is 5.97. The molecule has 27 heavy (non-hydrogen) atoms. The summed E-state index contributed by atoms with van der Waals surface area (Å²) in [6.45, 7) is 6.00. The third kappa shape index (κ3) is 15.6. The average molecular weight is 383 g/mol. The maximum absolute atomic E-state index is 11.9. The number of ether oxygens (including phenoxy) is 1. The standard InChI is InChI=1S/C23H42O4/c1-4-6-7-13-16-21(25)17-14-11-9-8-10-12-15-18-22(20(3)24)23(26)27-19-5-2/h11,14,21-22,25H,4-10,12-13,15-19H2,1-3H3/b14-11-/t21-,22?/m1/s1. The van der Waals surface area contributed by atoms with E-state index in [0.29, 0.717) is 13.0 Å². The minimum atomic E-state index is -0.588. The van der Waals surface area contributed by atoms with Crippen molar-refractivity contribution in [2.24, 2.45) is 5.92 Å². The molecule has 0 spiro atoms. The molecule has 0 aliphatic carbocycles. The Morgan fingerprint density at radius 3 is 2.22 bits per heavy atom. The Morgan fingerprint density at radius 2 is 1.56 bits per heavy atom. The van der Waals surface area contributed by atoms with Gasteiger partial charge in [0.1, 0.15) is 11.7 Å². The van der Waals surface area contributed by atoms with Gasteiger partial charge < -0.3 is 9.84 Å². The first-order valence-corrected chi connectivity index (χ1v) is 11.0. The molecule has 0 radical (unpaired) electrons. The first-order valence-electron chi connectivity index (χ1n) is 11.0. The number of hydrogen-bond acceptors (Lipinski definition) is 4. The Labute approximate surface area is 166 Å². The van der Waals surface area contributed by atoms with Crippen LogP contribution < -0.4 is 0 Å². The van der Waals surface area contributed by atoms with E-state index in [9.17, 15) is 14.7 Å².